The maximum Gasteiger partial charge on any atom is 0.410 e. The zero-order chi connectivity index (χ0) is 14.5. The Hall–Kier alpha value is -2.04. The van der Waals surface area contributed by atoms with Gasteiger partial charge in [0.05, 0.1) is 12.0 Å². The molecule has 0 spiro atoms. The summed E-state index contributed by atoms with van der Waals surface area (Å²) in [4.78, 5) is 24.5. The highest BCUT2D eigenvalue weighted by Crippen LogP contribution is 2.23. The van der Waals surface area contributed by atoms with Gasteiger partial charge in [0.1, 0.15) is 6.61 Å². The number of hydrogen-bond acceptors (Lipinski definition) is 4. The Balaban J connectivity index is 1.98. The van der Waals surface area contributed by atoms with Gasteiger partial charge >= 0.3 is 6.09 Å². The van der Waals surface area contributed by atoms with Crippen molar-refractivity contribution in [2.75, 3.05) is 6.54 Å². The highest BCUT2D eigenvalue weighted by molar-refractivity contribution is 5.79. The van der Waals surface area contributed by atoms with Crippen LogP contribution in [0.5, 0.6) is 0 Å². The lowest BCUT2D eigenvalue weighted by Crippen LogP contribution is -2.56. The molecule has 0 aliphatic carbocycles. The first kappa shape index (κ1) is 14.4. The second kappa shape index (κ2) is 6.41. The molecular weight excluding hydrogens is 258 g/mol. The number of piperidine rings is 1. The molecule has 0 unspecified atom stereocenters. The summed E-state index contributed by atoms with van der Waals surface area (Å²) in [6.07, 6.45) is 0.974. The molecule has 0 N–H and O–H groups in total. The minimum Gasteiger partial charge on any atom is -0.548 e. The maximum atomic E-state index is 12.0. The van der Waals surface area contributed by atoms with Gasteiger partial charge in [-0.25, -0.2) is 4.79 Å². The molecule has 1 aromatic carbocycles. The highest BCUT2D eigenvalue weighted by Gasteiger charge is 2.33. The van der Waals surface area contributed by atoms with Crippen LogP contribution in [0.15, 0.2) is 30.3 Å². The van der Waals surface area contributed by atoms with E-state index in [0.29, 0.717) is 6.54 Å². The summed E-state index contributed by atoms with van der Waals surface area (Å²) >= 11 is 0. The Bertz CT molecular complexity index is 474. The minimum absolute atomic E-state index is 0.113. The van der Waals surface area contributed by atoms with E-state index in [1.807, 2.05) is 37.3 Å². The van der Waals surface area contributed by atoms with Gasteiger partial charge in [-0.15, -0.1) is 0 Å². The zero-order valence-corrected chi connectivity index (χ0v) is 11.5. The lowest BCUT2D eigenvalue weighted by atomic mass is 9.91. The van der Waals surface area contributed by atoms with E-state index in [1.54, 1.807) is 0 Å². The number of ether oxygens (including phenoxy) is 1. The third kappa shape index (κ3) is 3.29. The number of likely N-dealkylation sites (tertiary alicyclic amines) is 1. The van der Waals surface area contributed by atoms with Crippen LogP contribution < -0.4 is 5.11 Å². The Labute approximate surface area is 118 Å². The van der Waals surface area contributed by atoms with Crippen molar-refractivity contribution in [2.24, 2.45) is 5.92 Å². The second-order valence-electron chi connectivity index (χ2n) is 5.12. The van der Waals surface area contributed by atoms with Gasteiger partial charge in [-0.2, -0.15) is 0 Å². The number of rotatable bonds is 3. The van der Waals surface area contributed by atoms with E-state index in [-0.39, 0.29) is 12.5 Å². The molecule has 5 nitrogen and oxygen atoms in total. The molecule has 1 saturated heterocycles. The molecular formula is C15H18NO4-. The smallest absolute Gasteiger partial charge is 0.410 e. The average molecular weight is 276 g/mol. The summed E-state index contributed by atoms with van der Waals surface area (Å²) in [6, 6.07) is 8.40. The number of carboxylic acids is 1. The van der Waals surface area contributed by atoms with E-state index in [1.165, 1.54) is 4.90 Å². The number of carbonyl (C=O) groups excluding carboxylic acids is 2. The topological polar surface area (TPSA) is 69.7 Å². The lowest BCUT2D eigenvalue weighted by Gasteiger charge is -2.39. The molecule has 20 heavy (non-hydrogen) atoms. The molecule has 1 aliphatic rings. The van der Waals surface area contributed by atoms with Crippen LogP contribution in [0.25, 0.3) is 0 Å². The number of amides is 1. The second-order valence-corrected chi connectivity index (χ2v) is 5.12. The first-order valence-corrected chi connectivity index (χ1v) is 6.78. The minimum atomic E-state index is -1.21. The number of hydrogen-bond donors (Lipinski definition) is 0. The fourth-order valence-electron chi connectivity index (χ4n) is 2.55. The number of carbonyl (C=O) groups is 2. The number of carboxylic acid groups (broad SMARTS) is 1. The van der Waals surface area contributed by atoms with Crippen LogP contribution in [0, 0.1) is 5.92 Å². The predicted molar refractivity (Wildman–Crippen MR) is 70.5 cm³/mol. The Kier molecular flexibility index (Phi) is 4.61. The summed E-state index contributed by atoms with van der Waals surface area (Å²) in [6.45, 7) is 2.36. The van der Waals surface area contributed by atoms with Crippen LogP contribution in [-0.4, -0.2) is 29.5 Å². The van der Waals surface area contributed by atoms with E-state index in [0.717, 1.165) is 18.4 Å². The van der Waals surface area contributed by atoms with Gasteiger partial charge in [0, 0.05) is 6.54 Å². The van der Waals surface area contributed by atoms with Gasteiger partial charge in [0.2, 0.25) is 0 Å². The third-order valence-corrected chi connectivity index (χ3v) is 3.61. The molecule has 1 heterocycles. The molecule has 0 bridgehead atoms. The summed E-state index contributed by atoms with van der Waals surface area (Å²) in [5.74, 6) is -1.33. The number of benzene rings is 1. The van der Waals surface area contributed by atoms with Gasteiger partial charge in [-0.3, -0.25) is 4.90 Å². The van der Waals surface area contributed by atoms with Crippen LogP contribution in [0.1, 0.15) is 25.3 Å². The predicted octanol–water partition coefficient (Wildman–Crippen LogP) is 1.17. The largest absolute Gasteiger partial charge is 0.548 e. The number of aliphatic carboxylic acids is 1. The van der Waals surface area contributed by atoms with Crippen molar-refractivity contribution in [2.45, 2.75) is 32.4 Å². The van der Waals surface area contributed by atoms with Gasteiger partial charge in [-0.1, -0.05) is 37.3 Å². The summed E-state index contributed by atoms with van der Waals surface area (Å²) in [7, 11) is 0. The molecule has 1 aromatic rings. The molecule has 2 atom stereocenters. The first-order valence-electron chi connectivity index (χ1n) is 6.78. The Morgan fingerprint density at radius 2 is 2.05 bits per heavy atom. The van der Waals surface area contributed by atoms with Crippen LogP contribution in [0.2, 0.25) is 0 Å². The number of nitrogens with zero attached hydrogens (tertiary/aromatic N) is 1. The monoisotopic (exact) mass is 276 g/mol. The summed E-state index contributed by atoms with van der Waals surface area (Å²) in [5.41, 5.74) is 0.871. The Morgan fingerprint density at radius 1 is 1.35 bits per heavy atom. The van der Waals surface area contributed by atoms with Crippen molar-refractivity contribution in [3.05, 3.63) is 35.9 Å². The van der Waals surface area contributed by atoms with Gasteiger partial charge < -0.3 is 14.6 Å². The van der Waals surface area contributed by atoms with E-state index >= 15 is 0 Å². The highest BCUT2D eigenvalue weighted by atomic mass is 16.6. The fraction of sp³-hybridized carbons (Fsp3) is 0.467. The maximum absolute atomic E-state index is 12.0. The van der Waals surface area contributed by atoms with Crippen molar-refractivity contribution < 1.29 is 19.4 Å². The van der Waals surface area contributed by atoms with Crippen molar-refractivity contribution in [3.63, 3.8) is 0 Å². The SMILES string of the molecule is C[C@H]1CCCN(C(=O)OCc2ccccc2)[C@H]1C(=O)[O-]. The van der Waals surface area contributed by atoms with Crippen molar-refractivity contribution in [1.29, 1.82) is 0 Å². The fourth-order valence-corrected chi connectivity index (χ4v) is 2.55. The lowest BCUT2D eigenvalue weighted by molar-refractivity contribution is -0.313. The first-order chi connectivity index (χ1) is 9.59. The summed E-state index contributed by atoms with van der Waals surface area (Å²) in [5, 5.41) is 11.2. The van der Waals surface area contributed by atoms with Gasteiger partial charge in [-0.05, 0) is 24.3 Å². The van der Waals surface area contributed by atoms with Gasteiger partial charge in [0.25, 0.3) is 0 Å². The molecule has 0 aromatic heterocycles. The van der Waals surface area contributed by atoms with Crippen LogP contribution >= 0.6 is 0 Å². The molecule has 0 saturated carbocycles. The zero-order valence-electron chi connectivity index (χ0n) is 11.5. The van der Waals surface area contributed by atoms with E-state index in [4.69, 9.17) is 4.74 Å². The molecule has 1 fully saturated rings. The molecule has 0 radical (unpaired) electrons. The quantitative estimate of drug-likeness (QED) is 0.831. The standard InChI is InChI=1S/C15H19NO4/c1-11-6-5-9-16(13(11)14(17)18)15(19)20-10-12-7-3-2-4-8-12/h2-4,7-8,11,13H,5-6,9-10H2,1H3,(H,17,18)/p-1/t11-,13+/m0/s1. The van der Waals surface area contributed by atoms with E-state index in [2.05, 4.69) is 0 Å². The van der Waals surface area contributed by atoms with E-state index in [9.17, 15) is 14.7 Å². The van der Waals surface area contributed by atoms with E-state index < -0.39 is 18.1 Å². The van der Waals surface area contributed by atoms with Gasteiger partial charge in [0.15, 0.2) is 0 Å². The van der Waals surface area contributed by atoms with Crippen molar-refractivity contribution in [3.8, 4) is 0 Å². The molecule has 1 aliphatic heterocycles. The average Bonchev–Trinajstić information content (AvgIpc) is 2.45. The van der Waals surface area contributed by atoms with Crippen LogP contribution in [0.4, 0.5) is 4.79 Å². The molecule has 108 valence electrons. The summed E-state index contributed by atoms with van der Waals surface area (Å²) < 4.78 is 5.19. The van der Waals surface area contributed by atoms with Crippen molar-refractivity contribution in [1.82, 2.24) is 4.90 Å². The molecule has 2 rings (SSSR count). The molecule has 1 amide bonds. The van der Waals surface area contributed by atoms with Crippen LogP contribution in [-0.2, 0) is 16.1 Å². The molecule has 5 heteroatoms. The normalized spacial score (nSPS) is 22.4. The van der Waals surface area contributed by atoms with Crippen molar-refractivity contribution >= 4 is 12.1 Å². The third-order valence-electron chi connectivity index (χ3n) is 3.61. The van der Waals surface area contributed by atoms with Crippen LogP contribution in [0.3, 0.4) is 0 Å². The Morgan fingerprint density at radius 3 is 2.70 bits per heavy atom.